The molecule has 1 atom stereocenters. The van der Waals surface area contributed by atoms with Gasteiger partial charge in [0.25, 0.3) is 0 Å². The second-order valence-corrected chi connectivity index (χ2v) is 5.72. The molecule has 116 valence electrons. The summed E-state index contributed by atoms with van der Waals surface area (Å²) in [6.45, 7) is 5.87. The van der Waals surface area contributed by atoms with Gasteiger partial charge in [0.05, 0.1) is 6.04 Å². The van der Waals surface area contributed by atoms with E-state index in [-0.39, 0.29) is 6.04 Å². The van der Waals surface area contributed by atoms with E-state index in [4.69, 9.17) is 10.2 Å². The number of furan rings is 1. The van der Waals surface area contributed by atoms with Crippen molar-refractivity contribution in [1.29, 1.82) is 0 Å². The van der Waals surface area contributed by atoms with E-state index < -0.39 is 0 Å². The van der Waals surface area contributed by atoms with Crippen LogP contribution in [0.2, 0.25) is 0 Å². The third kappa shape index (κ3) is 4.06. The molecular weight excluding hydrogens is 262 g/mol. The molecule has 1 aromatic carbocycles. The van der Waals surface area contributed by atoms with Crippen LogP contribution in [0.15, 0.2) is 34.7 Å². The smallest absolute Gasteiger partial charge is 0.134 e. The van der Waals surface area contributed by atoms with Crippen molar-refractivity contribution < 1.29 is 4.42 Å². The van der Waals surface area contributed by atoms with E-state index in [0.29, 0.717) is 6.54 Å². The first kappa shape index (κ1) is 16.0. The van der Waals surface area contributed by atoms with Gasteiger partial charge in [-0.1, -0.05) is 25.1 Å². The Labute approximate surface area is 127 Å². The summed E-state index contributed by atoms with van der Waals surface area (Å²) in [6.07, 6.45) is 1.14. The molecule has 0 radical (unpaired) electrons. The summed E-state index contributed by atoms with van der Waals surface area (Å²) >= 11 is 0. The first-order valence-electron chi connectivity index (χ1n) is 7.73. The topological polar surface area (TPSA) is 45.6 Å². The maximum atomic E-state index is 6.02. The van der Waals surface area contributed by atoms with E-state index in [1.54, 1.807) is 0 Å². The molecule has 0 saturated carbocycles. The number of nitrogens with two attached hydrogens (primary N) is 1. The van der Waals surface area contributed by atoms with E-state index in [0.717, 1.165) is 42.8 Å². The van der Waals surface area contributed by atoms with Crippen molar-refractivity contribution in [2.24, 2.45) is 5.73 Å². The van der Waals surface area contributed by atoms with E-state index >= 15 is 0 Å². The summed E-state index contributed by atoms with van der Waals surface area (Å²) in [5.74, 6) is 0.977. The minimum absolute atomic E-state index is 0.157. The van der Waals surface area contributed by atoms with Crippen molar-refractivity contribution in [3.63, 3.8) is 0 Å². The number of benzene rings is 1. The molecule has 1 aromatic heterocycles. The molecule has 0 spiro atoms. The molecule has 0 aliphatic carbocycles. The zero-order valence-corrected chi connectivity index (χ0v) is 13.4. The molecular formula is C17H27N3O. The van der Waals surface area contributed by atoms with Crippen molar-refractivity contribution in [3.05, 3.63) is 36.1 Å². The van der Waals surface area contributed by atoms with Gasteiger partial charge < -0.3 is 15.1 Å². The van der Waals surface area contributed by atoms with Gasteiger partial charge in [0.2, 0.25) is 0 Å². The van der Waals surface area contributed by atoms with E-state index in [2.05, 4.69) is 43.0 Å². The number of likely N-dealkylation sites (N-methyl/N-ethyl adjacent to an activating group) is 1. The van der Waals surface area contributed by atoms with Gasteiger partial charge >= 0.3 is 0 Å². The largest absolute Gasteiger partial charge is 0.459 e. The van der Waals surface area contributed by atoms with Crippen LogP contribution in [-0.4, -0.2) is 50.1 Å². The van der Waals surface area contributed by atoms with Crippen molar-refractivity contribution >= 4 is 11.0 Å². The Bertz CT molecular complexity index is 517. The predicted octanol–water partition coefficient (Wildman–Crippen LogP) is 2.71. The monoisotopic (exact) mass is 289 g/mol. The van der Waals surface area contributed by atoms with Crippen LogP contribution in [0.1, 0.15) is 25.1 Å². The number of rotatable bonds is 8. The Balaban J connectivity index is 2.12. The number of fused-ring (bicyclic) bond motifs is 1. The molecule has 0 aliphatic rings. The second kappa shape index (κ2) is 7.59. The van der Waals surface area contributed by atoms with Crippen LogP contribution in [0, 0.1) is 0 Å². The average molecular weight is 289 g/mol. The van der Waals surface area contributed by atoms with Crippen LogP contribution >= 0.6 is 0 Å². The molecule has 0 amide bonds. The summed E-state index contributed by atoms with van der Waals surface area (Å²) in [6, 6.07) is 10.4. The lowest BCUT2D eigenvalue weighted by molar-refractivity contribution is 0.182. The van der Waals surface area contributed by atoms with Gasteiger partial charge in [0.15, 0.2) is 0 Å². The predicted molar refractivity (Wildman–Crippen MR) is 88.4 cm³/mol. The van der Waals surface area contributed by atoms with Crippen LogP contribution in [0.3, 0.4) is 0 Å². The summed E-state index contributed by atoms with van der Waals surface area (Å²) < 4.78 is 6.00. The summed E-state index contributed by atoms with van der Waals surface area (Å²) in [5.41, 5.74) is 6.96. The van der Waals surface area contributed by atoms with E-state index in [1.807, 2.05) is 18.2 Å². The standard InChI is InChI=1S/C17H27N3O/c1-4-20(11-7-10-19(2)3)15(13-18)17-12-14-8-5-6-9-16(14)21-17/h5-6,8-9,12,15H,4,7,10-11,13,18H2,1-3H3. The summed E-state index contributed by atoms with van der Waals surface area (Å²) in [7, 11) is 4.21. The highest BCUT2D eigenvalue weighted by Crippen LogP contribution is 2.27. The van der Waals surface area contributed by atoms with Crippen LogP contribution in [0.25, 0.3) is 11.0 Å². The minimum atomic E-state index is 0.157. The average Bonchev–Trinajstić information content (AvgIpc) is 2.89. The quantitative estimate of drug-likeness (QED) is 0.811. The van der Waals surface area contributed by atoms with Crippen molar-refractivity contribution in [2.75, 3.05) is 40.3 Å². The SMILES string of the molecule is CCN(CCCN(C)C)C(CN)c1cc2ccccc2o1. The number of hydrogen-bond acceptors (Lipinski definition) is 4. The van der Waals surface area contributed by atoms with Crippen molar-refractivity contribution in [1.82, 2.24) is 9.80 Å². The highest BCUT2D eigenvalue weighted by Gasteiger charge is 2.21. The fourth-order valence-electron chi connectivity index (χ4n) is 2.74. The normalized spacial score (nSPS) is 13.4. The highest BCUT2D eigenvalue weighted by atomic mass is 16.3. The molecule has 0 fully saturated rings. The molecule has 0 aliphatic heterocycles. The number of nitrogens with zero attached hydrogens (tertiary/aromatic N) is 2. The lowest BCUT2D eigenvalue weighted by Gasteiger charge is -2.28. The van der Waals surface area contributed by atoms with Gasteiger partial charge in [0.1, 0.15) is 11.3 Å². The minimum Gasteiger partial charge on any atom is -0.459 e. The first-order chi connectivity index (χ1) is 10.2. The lowest BCUT2D eigenvalue weighted by Crippen LogP contribution is -2.35. The molecule has 4 heteroatoms. The van der Waals surface area contributed by atoms with Crippen molar-refractivity contribution in [2.45, 2.75) is 19.4 Å². The molecule has 2 rings (SSSR count). The Morgan fingerprint density at radius 2 is 1.95 bits per heavy atom. The Hall–Kier alpha value is -1.36. The molecule has 1 unspecified atom stereocenters. The van der Waals surface area contributed by atoms with Crippen molar-refractivity contribution in [3.8, 4) is 0 Å². The molecule has 1 heterocycles. The Morgan fingerprint density at radius 1 is 1.19 bits per heavy atom. The summed E-state index contributed by atoms with van der Waals surface area (Å²) in [5, 5.41) is 1.15. The Kier molecular flexibility index (Phi) is 5.79. The maximum absolute atomic E-state index is 6.02. The van der Waals surface area contributed by atoms with Crippen LogP contribution in [0.4, 0.5) is 0 Å². The maximum Gasteiger partial charge on any atom is 0.134 e. The molecule has 21 heavy (non-hydrogen) atoms. The number of hydrogen-bond donors (Lipinski definition) is 1. The van der Waals surface area contributed by atoms with Gasteiger partial charge in [-0.2, -0.15) is 0 Å². The molecule has 2 aromatic rings. The van der Waals surface area contributed by atoms with Gasteiger partial charge in [-0.25, -0.2) is 0 Å². The molecule has 2 N–H and O–H groups in total. The fraction of sp³-hybridized carbons (Fsp3) is 0.529. The fourth-order valence-corrected chi connectivity index (χ4v) is 2.74. The third-order valence-corrected chi connectivity index (χ3v) is 3.89. The van der Waals surface area contributed by atoms with E-state index in [1.165, 1.54) is 0 Å². The zero-order chi connectivity index (χ0) is 15.2. The van der Waals surface area contributed by atoms with Crippen LogP contribution in [0.5, 0.6) is 0 Å². The Morgan fingerprint density at radius 3 is 2.57 bits per heavy atom. The van der Waals surface area contributed by atoms with Gasteiger partial charge in [-0.3, -0.25) is 4.90 Å². The second-order valence-electron chi connectivity index (χ2n) is 5.72. The van der Waals surface area contributed by atoms with Gasteiger partial charge in [0, 0.05) is 18.5 Å². The van der Waals surface area contributed by atoms with Gasteiger partial charge in [-0.15, -0.1) is 0 Å². The highest BCUT2D eigenvalue weighted by molar-refractivity contribution is 5.77. The third-order valence-electron chi connectivity index (χ3n) is 3.89. The van der Waals surface area contributed by atoms with Gasteiger partial charge in [-0.05, 0) is 45.7 Å². The summed E-state index contributed by atoms with van der Waals surface area (Å²) in [4.78, 5) is 4.62. The zero-order valence-electron chi connectivity index (χ0n) is 13.4. The first-order valence-corrected chi connectivity index (χ1v) is 7.73. The van der Waals surface area contributed by atoms with Crippen LogP contribution in [-0.2, 0) is 0 Å². The van der Waals surface area contributed by atoms with Crippen LogP contribution < -0.4 is 5.73 Å². The van der Waals surface area contributed by atoms with E-state index in [9.17, 15) is 0 Å². The lowest BCUT2D eigenvalue weighted by atomic mass is 10.1. The molecule has 4 nitrogen and oxygen atoms in total. The number of para-hydroxylation sites is 1. The molecule has 0 bridgehead atoms. The molecule has 0 saturated heterocycles.